The number of fused-ring (bicyclic) bond motifs is 2. The molecule has 2 fully saturated rings. The largest absolute Gasteiger partial charge is 0.479 e. The summed E-state index contributed by atoms with van der Waals surface area (Å²) in [6.07, 6.45) is -2.40. The van der Waals surface area contributed by atoms with Crippen LogP contribution in [0.4, 0.5) is 5.95 Å². The van der Waals surface area contributed by atoms with Gasteiger partial charge >= 0.3 is 7.82 Å². The molecule has 16 heteroatoms. The Balaban J connectivity index is 1.75. The Kier molecular flexibility index (Phi) is 5.57. The van der Waals surface area contributed by atoms with Crippen molar-refractivity contribution in [3.63, 3.8) is 0 Å². The van der Waals surface area contributed by atoms with Crippen molar-refractivity contribution in [3.05, 3.63) is 16.8 Å². The topological polar surface area (TPSA) is 199 Å². The number of azide groups is 1. The second kappa shape index (κ2) is 7.96. The van der Waals surface area contributed by atoms with Crippen LogP contribution in [0.5, 0.6) is 5.88 Å². The number of hydrogen-bond donors (Lipinski definition) is 1. The number of phosphoric acid groups is 1. The van der Waals surface area contributed by atoms with Crippen LogP contribution in [-0.4, -0.2) is 62.9 Å². The Morgan fingerprint density at radius 3 is 2.94 bits per heavy atom. The molecule has 0 amide bonds. The summed E-state index contributed by atoms with van der Waals surface area (Å²) < 4.78 is 42.0. The first-order valence-corrected chi connectivity index (χ1v) is 11.0. The summed E-state index contributed by atoms with van der Waals surface area (Å²) in [6.45, 7) is 4.09. The number of imidazole rings is 1. The summed E-state index contributed by atoms with van der Waals surface area (Å²) in [6, 6.07) is 0. The van der Waals surface area contributed by atoms with E-state index in [0.29, 0.717) is 5.52 Å². The summed E-state index contributed by atoms with van der Waals surface area (Å²) >= 11 is 0. The van der Waals surface area contributed by atoms with E-state index in [2.05, 4.69) is 25.0 Å². The van der Waals surface area contributed by atoms with Crippen LogP contribution in [0.2, 0.25) is 0 Å². The number of nitrogens with two attached hydrogens (primary N) is 1. The minimum atomic E-state index is -4.14. The molecular weight excluding hydrogens is 447 g/mol. The number of nitrogens with zero attached hydrogens (tertiary/aromatic N) is 7. The molecule has 15 nitrogen and oxygen atoms in total. The molecule has 172 valence electrons. The third kappa shape index (κ3) is 3.58. The Bertz CT molecular complexity index is 1170. The number of phosphoric ester groups is 1. The fourth-order valence-corrected chi connectivity index (χ4v) is 5.28. The van der Waals surface area contributed by atoms with Gasteiger partial charge in [-0.15, -0.1) is 0 Å². The van der Waals surface area contributed by atoms with E-state index in [-0.39, 0.29) is 29.9 Å². The summed E-state index contributed by atoms with van der Waals surface area (Å²) in [4.78, 5) is 26.9. The zero-order chi connectivity index (χ0) is 23.3. The smallest absolute Gasteiger partial charge is 0.475 e. The highest BCUT2D eigenvalue weighted by molar-refractivity contribution is 7.48. The lowest BCUT2D eigenvalue weighted by molar-refractivity contribution is -0.125. The van der Waals surface area contributed by atoms with Crippen molar-refractivity contribution in [1.82, 2.24) is 19.5 Å². The van der Waals surface area contributed by atoms with Gasteiger partial charge in [0, 0.05) is 4.91 Å². The first kappa shape index (κ1) is 22.4. The van der Waals surface area contributed by atoms with Gasteiger partial charge in [-0.2, -0.15) is 9.97 Å². The van der Waals surface area contributed by atoms with Gasteiger partial charge in [-0.1, -0.05) is 5.11 Å². The molecule has 0 aromatic carbocycles. The molecule has 2 aliphatic rings. The highest BCUT2D eigenvalue weighted by Crippen LogP contribution is 2.60. The molecule has 4 rings (SSSR count). The number of aromatic nitrogens is 4. The van der Waals surface area contributed by atoms with Crippen LogP contribution in [0, 0.1) is 0 Å². The third-order valence-electron chi connectivity index (χ3n) is 5.33. The number of nitrogen functional groups attached to an aromatic ring is 1. The van der Waals surface area contributed by atoms with Gasteiger partial charge in [0.05, 0.1) is 20.0 Å². The van der Waals surface area contributed by atoms with Gasteiger partial charge in [0.25, 0.3) is 0 Å². The highest BCUT2D eigenvalue weighted by Gasteiger charge is 2.61. The van der Waals surface area contributed by atoms with Crippen molar-refractivity contribution in [1.29, 1.82) is 0 Å². The first-order chi connectivity index (χ1) is 15.1. The molecule has 32 heavy (non-hydrogen) atoms. The van der Waals surface area contributed by atoms with E-state index in [0.717, 1.165) is 0 Å². The first-order valence-electron chi connectivity index (χ1n) is 9.49. The van der Waals surface area contributed by atoms with E-state index in [4.69, 9.17) is 28.8 Å². The quantitative estimate of drug-likeness (QED) is 0.281. The predicted octanol–water partition coefficient (Wildman–Crippen LogP) is 1.90. The molecule has 0 aliphatic carbocycles. The van der Waals surface area contributed by atoms with Crippen molar-refractivity contribution >= 4 is 30.7 Å². The van der Waals surface area contributed by atoms with E-state index in [1.165, 1.54) is 31.9 Å². The number of anilines is 1. The maximum absolute atomic E-state index is 13.0. The molecule has 6 atom stereocenters. The minimum absolute atomic E-state index is 0.0623. The second-order valence-corrected chi connectivity index (χ2v) is 9.06. The van der Waals surface area contributed by atoms with Crippen molar-refractivity contribution in [2.45, 2.75) is 50.8 Å². The number of carbonyl (C=O) groups is 1. The molecular formula is C16H21N8O7P. The molecule has 2 aliphatic heterocycles. The molecule has 0 radical (unpaired) electrons. The van der Waals surface area contributed by atoms with Gasteiger partial charge in [0.15, 0.2) is 23.2 Å². The summed E-state index contributed by atoms with van der Waals surface area (Å²) in [5.74, 6) is -0.264. The van der Waals surface area contributed by atoms with Crippen molar-refractivity contribution in [2.75, 3.05) is 19.5 Å². The summed E-state index contributed by atoms with van der Waals surface area (Å²) in [5, 5.41) is 3.91. The number of rotatable bonds is 6. The number of methoxy groups -OCH3 is 1. The van der Waals surface area contributed by atoms with Crippen LogP contribution in [-0.2, 0) is 27.7 Å². The molecule has 2 saturated heterocycles. The predicted molar refractivity (Wildman–Crippen MR) is 107 cm³/mol. The van der Waals surface area contributed by atoms with Gasteiger partial charge in [0.1, 0.15) is 23.9 Å². The lowest BCUT2D eigenvalue weighted by Gasteiger charge is -2.36. The van der Waals surface area contributed by atoms with Gasteiger partial charge in [-0.25, -0.2) is 9.55 Å². The van der Waals surface area contributed by atoms with Crippen LogP contribution in [0.25, 0.3) is 21.6 Å². The second-order valence-electron chi connectivity index (χ2n) is 7.48. The molecule has 2 aromatic rings. The maximum Gasteiger partial charge on any atom is 0.475 e. The number of carbonyl (C=O) groups excluding carboxylic acids is 1. The zero-order valence-corrected chi connectivity index (χ0v) is 18.5. The fourth-order valence-electron chi connectivity index (χ4n) is 3.62. The molecule has 2 aromatic heterocycles. The lowest BCUT2D eigenvalue weighted by Crippen LogP contribution is -2.46. The Morgan fingerprint density at radius 2 is 2.28 bits per heavy atom. The van der Waals surface area contributed by atoms with E-state index in [1.807, 2.05) is 0 Å². The number of ether oxygens (including phenoxy) is 2. The van der Waals surface area contributed by atoms with E-state index in [1.54, 1.807) is 6.92 Å². The zero-order valence-electron chi connectivity index (χ0n) is 17.6. The molecule has 2 unspecified atom stereocenters. The van der Waals surface area contributed by atoms with Gasteiger partial charge < -0.3 is 15.2 Å². The van der Waals surface area contributed by atoms with E-state index < -0.39 is 37.9 Å². The number of Topliss-reactive ketones (excluding diaryl/α,β-unsaturated/α-hetero) is 1. The van der Waals surface area contributed by atoms with Crippen molar-refractivity contribution in [2.24, 2.45) is 5.11 Å². The van der Waals surface area contributed by atoms with Gasteiger partial charge in [-0.3, -0.25) is 22.9 Å². The Hall–Kier alpha value is -2.80. The number of ketones is 1. The molecule has 2 N–H and O–H groups in total. The lowest BCUT2D eigenvalue weighted by atomic mass is 9.93. The van der Waals surface area contributed by atoms with Crippen molar-refractivity contribution in [3.8, 4) is 5.88 Å². The normalized spacial score (nSPS) is 32.8. The SMILES string of the molecule is COc1nc(N)nc2c1ncn2[C@@H]1O[C@@H]2COP(=O)(OC(C)C(C)=O)O[C@H]2[C@@]1(C)N=[N+]=[N-]. The molecule has 4 heterocycles. The maximum atomic E-state index is 13.0. The monoisotopic (exact) mass is 468 g/mol. The average Bonchev–Trinajstić information content (AvgIpc) is 3.26. The van der Waals surface area contributed by atoms with Crippen LogP contribution in [0.3, 0.4) is 0 Å². The third-order valence-corrected chi connectivity index (χ3v) is 6.85. The van der Waals surface area contributed by atoms with E-state index in [9.17, 15) is 14.9 Å². The highest BCUT2D eigenvalue weighted by atomic mass is 31.2. The molecule has 0 spiro atoms. The van der Waals surface area contributed by atoms with Crippen LogP contribution >= 0.6 is 7.82 Å². The van der Waals surface area contributed by atoms with Gasteiger partial charge in [-0.05, 0) is 26.3 Å². The molecule has 0 bridgehead atoms. The number of hydrogen-bond acceptors (Lipinski definition) is 12. The fraction of sp³-hybridized carbons (Fsp3) is 0.625. The van der Waals surface area contributed by atoms with Gasteiger partial charge in [0.2, 0.25) is 11.8 Å². The van der Waals surface area contributed by atoms with Crippen LogP contribution < -0.4 is 10.5 Å². The average molecular weight is 468 g/mol. The summed E-state index contributed by atoms with van der Waals surface area (Å²) in [5.41, 5.74) is 14.2. The standard InChI is InChI=1S/C16H21N8O7P/c1-7(25)8(2)30-32(26)28-5-9-11(31-32)16(3,22-23-18)14(29-9)24-6-19-10-12(24)20-15(17)21-13(10)27-4/h6,8-9,11,14H,5H2,1-4H3,(H2,17,20,21)/t8?,9-,11-,14-,16-,32?/m1/s1. The van der Waals surface area contributed by atoms with Crippen LogP contribution in [0.1, 0.15) is 27.0 Å². The minimum Gasteiger partial charge on any atom is -0.479 e. The molecule has 0 saturated carbocycles. The Labute approximate surface area is 181 Å². The Morgan fingerprint density at radius 1 is 1.53 bits per heavy atom. The van der Waals surface area contributed by atoms with E-state index >= 15 is 0 Å². The van der Waals surface area contributed by atoms with Crippen LogP contribution in [0.15, 0.2) is 11.4 Å². The van der Waals surface area contributed by atoms with Crippen molar-refractivity contribution < 1.29 is 32.4 Å². The summed E-state index contributed by atoms with van der Waals surface area (Å²) in [7, 11) is -2.73.